The molecule has 1 fully saturated rings. The Balaban J connectivity index is 1.97. The summed E-state index contributed by atoms with van der Waals surface area (Å²) in [5, 5.41) is 12.2. The van der Waals surface area contributed by atoms with E-state index in [4.69, 9.17) is 5.11 Å². The van der Waals surface area contributed by atoms with Crippen molar-refractivity contribution in [3.05, 3.63) is 29.6 Å². The summed E-state index contributed by atoms with van der Waals surface area (Å²) >= 11 is 1.93. The van der Waals surface area contributed by atoms with Gasteiger partial charge in [0.2, 0.25) is 0 Å². The molecule has 4 nitrogen and oxygen atoms in total. The zero-order valence-corrected chi connectivity index (χ0v) is 12.1. The standard InChI is InChI=1S/C15H18N2O2S/c18-8-3-4-12-10-16-7-6-14(12)15(19)17-11-13-5-1-2-9-20-13/h6-7,10,13,18H,1-2,5,8-9,11H2,(H,17,19). The first kappa shape index (κ1) is 14.9. The van der Waals surface area contributed by atoms with E-state index in [0.29, 0.717) is 22.9 Å². The van der Waals surface area contributed by atoms with Gasteiger partial charge in [-0.3, -0.25) is 9.78 Å². The highest BCUT2D eigenvalue weighted by atomic mass is 32.2. The van der Waals surface area contributed by atoms with Gasteiger partial charge in [0.05, 0.1) is 11.1 Å². The number of hydrogen-bond donors (Lipinski definition) is 2. The molecule has 2 rings (SSSR count). The Kier molecular flexibility index (Phi) is 5.90. The van der Waals surface area contributed by atoms with Gasteiger partial charge in [-0.2, -0.15) is 11.8 Å². The van der Waals surface area contributed by atoms with Crippen LogP contribution < -0.4 is 5.32 Å². The number of carbonyl (C=O) groups excluding carboxylic acids is 1. The Bertz CT molecular complexity index is 516. The molecule has 5 heteroatoms. The summed E-state index contributed by atoms with van der Waals surface area (Å²) in [6, 6.07) is 1.66. The van der Waals surface area contributed by atoms with Crippen molar-refractivity contribution in [2.24, 2.45) is 0 Å². The molecular formula is C15H18N2O2S. The third-order valence-corrected chi connectivity index (χ3v) is 4.53. The van der Waals surface area contributed by atoms with E-state index < -0.39 is 0 Å². The molecule has 0 aromatic carbocycles. The average molecular weight is 290 g/mol. The summed E-state index contributed by atoms with van der Waals surface area (Å²) in [5.74, 6) is 6.36. The number of nitrogens with one attached hydrogen (secondary N) is 1. The highest BCUT2D eigenvalue weighted by molar-refractivity contribution is 7.99. The molecule has 1 amide bonds. The molecule has 0 aliphatic carbocycles. The topological polar surface area (TPSA) is 62.2 Å². The van der Waals surface area contributed by atoms with Gasteiger partial charge in [0.25, 0.3) is 5.91 Å². The number of carbonyl (C=O) groups is 1. The van der Waals surface area contributed by atoms with E-state index >= 15 is 0 Å². The number of thioether (sulfide) groups is 1. The maximum absolute atomic E-state index is 12.2. The fourth-order valence-electron chi connectivity index (χ4n) is 2.10. The van der Waals surface area contributed by atoms with Gasteiger partial charge in [0.15, 0.2) is 0 Å². The molecule has 1 atom stereocenters. The molecule has 1 saturated heterocycles. The number of aromatic nitrogens is 1. The number of aliphatic hydroxyl groups is 1. The second-order valence-electron chi connectivity index (χ2n) is 4.58. The van der Waals surface area contributed by atoms with Crippen LogP contribution in [-0.4, -0.2) is 40.2 Å². The molecule has 0 bridgehead atoms. The Hall–Kier alpha value is -1.51. The molecule has 2 N–H and O–H groups in total. The van der Waals surface area contributed by atoms with Gasteiger partial charge in [-0.15, -0.1) is 0 Å². The van der Waals surface area contributed by atoms with Gasteiger partial charge in [-0.1, -0.05) is 18.3 Å². The van der Waals surface area contributed by atoms with E-state index in [-0.39, 0.29) is 12.5 Å². The first-order valence-electron chi connectivity index (χ1n) is 6.75. The van der Waals surface area contributed by atoms with Crippen LogP contribution in [-0.2, 0) is 0 Å². The fourth-order valence-corrected chi connectivity index (χ4v) is 3.34. The first-order valence-corrected chi connectivity index (χ1v) is 7.79. The van der Waals surface area contributed by atoms with Crippen LogP contribution in [0.4, 0.5) is 0 Å². The van der Waals surface area contributed by atoms with Crippen LogP contribution in [0.1, 0.15) is 35.2 Å². The van der Waals surface area contributed by atoms with Gasteiger partial charge in [-0.25, -0.2) is 0 Å². The molecule has 2 heterocycles. The summed E-state index contributed by atoms with van der Waals surface area (Å²) in [7, 11) is 0. The molecule has 1 aliphatic rings. The zero-order valence-electron chi connectivity index (χ0n) is 11.3. The van der Waals surface area contributed by atoms with Crippen molar-refractivity contribution >= 4 is 17.7 Å². The number of amides is 1. The van der Waals surface area contributed by atoms with Gasteiger partial charge in [-0.05, 0) is 24.7 Å². The molecule has 20 heavy (non-hydrogen) atoms. The van der Waals surface area contributed by atoms with Gasteiger partial charge in [0.1, 0.15) is 6.61 Å². The van der Waals surface area contributed by atoms with E-state index in [2.05, 4.69) is 22.1 Å². The molecule has 1 unspecified atom stereocenters. The Morgan fingerprint density at radius 3 is 3.20 bits per heavy atom. The van der Waals surface area contributed by atoms with E-state index in [1.54, 1.807) is 18.5 Å². The van der Waals surface area contributed by atoms with E-state index in [1.807, 2.05) is 11.8 Å². The van der Waals surface area contributed by atoms with Crippen LogP contribution in [0.5, 0.6) is 0 Å². The van der Waals surface area contributed by atoms with Crippen LogP contribution in [0.25, 0.3) is 0 Å². The smallest absolute Gasteiger partial charge is 0.252 e. The molecule has 1 aromatic rings. The van der Waals surface area contributed by atoms with Crippen LogP contribution >= 0.6 is 11.8 Å². The lowest BCUT2D eigenvalue weighted by Gasteiger charge is -2.21. The van der Waals surface area contributed by atoms with E-state index in [9.17, 15) is 4.79 Å². The largest absolute Gasteiger partial charge is 0.384 e. The maximum atomic E-state index is 12.2. The van der Waals surface area contributed by atoms with Gasteiger partial charge < -0.3 is 10.4 Å². The molecule has 0 saturated carbocycles. The fraction of sp³-hybridized carbons (Fsp3) is 0.467. The number of rotatable bonds is 3. The summed E-state index contributed by atoms with van der Waals surface area (Å²) < 4.78 is 0. The van der Waals surface area contributed by atoms with Gasteiger partial charge in [0, 0.05) is 24.2 Å². The van der Waals surface area contributed by atoms with Crippen molar-refractivity contribution in [1.29, 1.82) is 0 Å². The summed E-state index contributed by atoms with van der Waals surface area (Å²) in [4.78, 5) is 16.2. The minimum atomic E-state index is -0.228. The minimum absolute atomic E-state index is 0.124. The molecular weight excluding hydrogens is 272 g/mol. The lowest BCUT2D eigenvalue weighted by atomic mass is 10.1. The number of hydrogen-bond acceptors (Lipinski definition) is 4. The van der Waals surface area contributed by atoms with Crippen molar-refractivity contribution in [1.82, 2.24) is 10.3 Å². The molecule has 0 radical (unpaired) electrons. The predicted molar refractivity (Wildman–Crippen MR) is 80.6 cm³/mol. The highest BCUT2D eigenvalue weighted by Crippen LogP contribution is 2.24. The normalized spacial score (nSPS) is 17.9. The minimum Gasteiger partial charge on any atom is -0.384 e. The number of aliphatic hydroxyl groups excluding tert-OH is 1. The average Bonchev–Trinajstić information content (AvgIpc) is 2.52. The summed E-state index contributed by atoms with van der Waals surface area (Å²) in [6.07, 6.45) is 6.82. The first-order chi connectivity index (χ1) is 9.81. The monoisotopic (exact) mass is 290 g/mol. The molecule has 106 valence electrons. The van der Waals surface area contributed by atoms with E-state index in [0.717, 1.165) is 0 Å². The van der Waals surface area contributed by atoms with Crippen molar-refractivity contribution < 1.29 is 9.90 Å². The number of pyridine rings is 1. The maximum Gasteiger partial charge on any atom is 0.252 e. The van der Waals surface area contributed by atoms with Crippen LogP contribution in [0.3, 0.4) is 0 Å². The van der Waals surface area contributed by atoms with Crippen LogP contribution in [0.15, 0.2) is 18.5 Å². The van der Waals surface area contributed by atoms with Crippen molar-refractivity contribution in [3.8, 4) is 11.8 Å². The molecule has 1 aromatic heterocycles. The predicted octanol–water partition coefficient (Wildman–Crippen LogP) is 1.44. The van der Waals surface area contributed by atoms with Crippen LogP contribution in [0.2, 0.25) is 0 Å². The molecule has 0 spiro atoms. The van der Waals surface area contributed by atoms with Crippen molar-refractivity contribution in [3.63, 3.8) is 0 Å². The lowest BCUT2D eigenvalue weighted by Crippen LogP contribution is -2.32. The second kappa shape index (κ2) is 7.93. The van der Waals surface area contributed by atoms with Crippen molar-refractivity contribution in [2.45, 2.75) is 24.5 Å². The second-order valence-corrected chi connectivity index (χ2v) is 5.99. The Labute approximate surface area is 123 Å². The van der Waals surface area contributed by atoms with Gasteiger partial charge >= 0.3 is 0 Å². The lowest BCUT2D eigenvalue weighted by molar-refractivity contribution is 0.0953. The zero-order chi connectivity index (χ0) is 14.2. The summed E-state index contributed by atoms with van der Waals surface area (Å²) in [6.45, 7) is 0.466. The van der Waals surface area contributed by atoms with Crippen LogP contribution in [0, 0.1) is 11.8 Å². The summed E-state index contributed by atoms with van der Waals surface area (Å²) in [5.41, 5.74) is 1.07. The Morgan fingerprint density at radius 2 is 2.45 bits per heavy atom. The van der Waals surface area contributed by atoms with E-state index in [1.165, 1.54) is 25.0 Å². The van der Waals surface area contributed by atoms with Crippen molar-refractivity contribution in [2.75, 3.05) is 18.9 Å². The third kappa shape index (κ3) is 4.26. The SMILES string of the molecule is O=C(NCC1CCCCS1)c1ccncc1C#CCO. The highest BCUT2D eigenvalue weighted by Gasteiger charge is 2.16. The Morgan fingerprint density at radius 1 is 1.55 bits per heavy atom. The quantitative estimate of drug-likeness (QED) is 0.827. The molecule has 1 aliphatic heterocycles. The third-order valence-electron chi connectivity index (χ3n) is 3.13. The number of nitrogens with zero attached hydrogens (tertiary/aromatic N) is 1.